The number of carbonyl (C=O) groups is 3. The van der Waals surface area contributed by atoms with Crippen molar-refractivity contribution in [1.82, 2.24) is 5.32 Å². The summed E-state index contributed by atoms with van der Waals surface area (Å²) in [6.45, 7) is 4.71. The molecule has 3 aliphatic rings. The molecule has 3 heterocycles. The summed E-state index contributed by atoms with van der Waals surface area (Å²) in [6.07, 6.45) is 1.00. The lowest BCUT2D eigenvalue weighted by Crippen LogP contribution is -2.56. The van der Waals surface area contributed by atoms with E-state index in [-0.39, 0.29) is 12.5 Å². The van der Waals surface area contributed by atoms with Crippen LogP contribution in [-0.4, -0.2) is 57.2 Å². The molecular weight excluding hydrogens is 474 g/mol. The Bertz CT molecular complexity index is 1210. The van der Waals surface area contributed by atoms with Gasteiger partial charge < -0.3 is 19.1 Å². The van der Waals surface area contributed by atoms with Crippen LogP contribution in [0.25, 0.3) is 0 Å². The first-order chi connectivity index (χ1) is 17.8. The molecule has 1 N–H and O–H groups in total. The Morgan fingerprint density at radius 2 is 1.76 bits per heavy atom. The summed E-state index contributed by atoms with van der Waals surface area (Å²) < 4.78 is 16.8. The van der Waals surface area contributed by atoms with Crippen molar-refractivity contribution in [2.24, 2.45) is 11.8 Å². The summed E-state index contributed by atoms with van der Waals surface area (Å²) in [6, 6.07) is 12.3. The minimum atomic E-state index is -1.31. The van der Waals surface area contributed by atoms with Crippen LogP contribution in [0.5, 0.6) is 11.5 Å². The Morgan fingerprint density at radius 3 is 2.41 bits per heavy atom. The van der Waals surface area contributed by atoms with E-state index in [9.17, 15) is 14.4 Å². The topological polar surface area (TPSA) is 97.4 Å². The van der Waals surface area contributed by atoms with Crippen molar-refractivity contribution in [1.29, 1.82) is 0 Å². The number of hydrogen-bond donors (Lipinski definition) is 1. The van der Waals surface area contributed by atoms with E-state index in [2.05, 4.69) is 5.32 Å². The fourth-order valence-electron chi connectivity index (χ4n) is 5.87. The molecule has 0 unspecified atom stereocenters. The first-order valence-electron chi connectivity index (χ1n) is 12.8. The van der Waals surface area contributed by atoms with E-state index in [1.54, 1.807) is 25.1 Å². The molecule has 0 saturated carbocycles. The van der Waals surface area contributed by atoms with Gasteiger partial charge in [0.25, 0.3) is 0 Å². The fourth-order valence-corrected chi connectivity index (χ4v) is 5.87. The minimum Gasteiger partial charge on any atom is -0.486 e. The molecule has 0 spiro atoms. The van der Waals surface area contributed by atoms with E-state index in [0.29, 0.717) is 43.2 Å². The Hall–Kier alpha value is -3.59. The van der Waals surface area contributed by atoms with Gasteiger partial charge in [0.1, 0.15) is 18.8 Å². The average molecular weight is 508 g/mol. The summed E-state index contributed by atoms with van der Waals surface area (Å²) in [5.74, 6) is -1.85. The molecule has 0 aromatic heterocycles. The van der Waals surface area contributed by atoms with Gasteiger partial charge in [-0.1, -0.05) is 25.5 Å². The highest BCUT2D eigenvalue weighted by atomic mass is 16.6. The number of nitrogens with zero attached hydrogens (tertiary/aromatic N) is 2. The molecule has 2 saturated heterocycles. The highest BCUT2D eigenvalue weighted by molar-refractivity contribution is 6.24. The van der Waals surface area contributed by atoms with Gasteiger partial charge >= 0.3 is 5.97 Å². The van der Waals surface area contributed by atoms with Crippen LogP contribution in [0.4, 0.5) is 11.4 Å². The van der Waals surface area contributed by atoms with E-state index in [1.807, 2.05) is 50.2 Å². The Kier molecular flexibility index (Phi) is 6.58. The number of nitrogens with one attached hydrogen (secondary N) is 1. The number of ether oxygens (including phenoxy) is 3. The molecule has 0 aliphatic carbocycles. The molecule has 2 aromatic rings. The van der Waals surface area contributed by atoms with Crippen LogP contribution in [0, 0.1) is 11.8 Å². The second-order valence-corrected chi connectivity index (χ2v) is 9.89. The molecule has 196 valence electrons. The maximum absolute atomic E-state index is 14.1. The molecular formula is C28H33N3O6. The number of esters is 1. The molecule has 2 aromatic carbocycles. The van der Waals surface area contributed by atoms with Crippen molar-refractivity contribution in [3.05, 3.63) is 48.0 Å². The maximum atomic E-state index is 14.1. The standard InChI is InChI=1S/C28H33N3O6/c1-5-13-28(27(34)35-6-2)23-22(24(29-28)17-7-9-18(10-8-17)30(3)4)25(32)31(26(23)33)19-11-12-20-21(16-19)37-15-14-36-20/h7-12,16,22-24,29H,5-6,13-15H2,1-4H3/t22-,23-,24-,28-/m0/s1. The van der Waals surface area contributed by atoms with Crippen LogP contribution in [0.3, 0.4) is 0 Å². The van der Waals surface area contributed by atoms with Crippen molar-refractivity contribution >= 4 is 29.2 Å². The van der Waals surface area contributed by atoms with E-state index >= 15 is 0 Å². The van der Waals surface area contributed by atoms with Crippen LogP contribution in [-0.2, 0) is 19.1 Å². The molecule has 9 heteroatoms. The second kappa shape index (κ2) is 9.70. The van der Waals surface area contributed by atoms with Crippen molar-refractivity contribution in [3.8, 4) is 11.5 Å². The summed E-state index contributed by atoms with van der Waals surface area (Å²) in [7, 11) is 3.91. The number of rotatable bonds is 7. The van der Waals surface area contributed by atoms with Gasteiger partial charge in [-0.05, 0) is 43.2 Å². The minimum absolute atomic E-state index is 0.180. The number of hydrogen-bond acceptors (Lipinski definition) is 8. The van der Waals surface area contributed by atoms with Crippen molar-refractivity contribution < 1.29 is 28.6 Å². The van der Waals surface area contributed by atoms with E-state index in [1.165, 1.54) is 4.90 Å². The maximum Gasteiger partial charge on any atom is 0.327 e. The van der Waals surface area contributed by atoms with Gasteiger partial charge in [0.05, 0.1) is 24.1 Å². The lowest BCUT2D eigenvalue weighted by molar-refractivity contribution is -0.155. The first-order valence-corrected chi connectivity index (χ1v) is 12.8. The Labute approximate surface area is 216 Å². The SMILES string of the molecule is CCC[C@]1(C(=O)OCC)N[C@@H](c2ccc(N(C)C)cc2)[C@H]2C(=O)N(c3ccc4c(c3)OCCO4)C(=O)[C@H]21. The second-order valence-electron chi connectivity index (χ2n) is 9.89. The van der Waals surface area contributed by atoms with Crippen LogP contribution in [0.2, 0.25) is 0 Å². The quantitative estimate of drug-likeness (QED) is 0.451. The predicted molar refractivity (Wildman–Crippen MR) is 138 cm³/mol. The van der Waals surface area contributed by atoms with Gasteiger partial charge in [0.15, 0.2) is 11.5 Å². The van der Waals surface area contributed by atoms with Crippen LogP contribution in [0.15, 0.2) is 42.5 Å². The zero-order valence-electron chi connectivity index (χ0n) is 21.7. The molecule has 3 aliphatic heterocycles. The first kappa shape index (κ1) is 25.1. The number of imide groups is 1. The Balaban J connectivity index is 1.60. The molecule has 5 rings (SSSR count). The van der Waals surface area contributed by atoms with Gasteiger partial charge in [0, 0.05) is 31.9 Å². The average Bonchev–Trinajstić information content (AvgIpc) is 3.38. The molecule has 0 bridgehead atoms. The molecule has 0 radical (unpaired) electrons. The lowest BCUT2D eigenvalue weighted by Gasteiger charge is -2.32. The lowest BCUT2D eigenvalue weighted by atomic mass is 9.77. The number of benzene rings is 2. The van der Waals surface area contributed by atoms with Crippen LogP contribution >= 0.6 is 0 Å². The van der Waals surface area contributed by atoms with Gasteiger partial charge in [-0.2, -0.15) is 0 Å². The zero-order chi connectivity index (χ0) is 26.3. The van der Waals surface area contributed by atoms with E-state index < -0.39 is 35.3 Å². The van der Waals surface area contributed by atoms with E-state index in [0.717, 1.165) is 11.3 Å². The third kappa shape index (κ3) is 4.01. The number of anilines is 2. The monoisotopic (exact) mass is 507 g/mol. The largest absolute Gasteiger partial charge is 0.486 e. The number of carbonyl (C=O) groups excluding carboxylic acids is 3. The molecule has 9 nitrogen and oxygen atoms in total. The fraction of sp³-hybridized carbons (Fsp3) is 0.464. The number of fused-ring (bicyclic) bond motifs is 2. The van der Waals surface area contributed by atoms with Crippen molar-refractivity contribution in [3.63, 3.8) is 0 Å². The smallest absolute Gasteiger partial charge is 0.327 e. The predicted octanol–water partition coefficient (Wildman–Crippen LogP) is 3.08. The molecule has 4 atom stereocenters. The van der Waals surface area contributed by atoms with Gasteiger partial charge in [-0.25, -0.2) is 4.90 Å². The highest BCUT2D eigenvalue weighted by Crippen LogP contribution is 2.52. The molecule has 37 heavy (non-hydrogen) atoms. The molecule has 2 amide bonds. The van der Waals surface area contributed by atoms with Crippen LogP contribution in [0.1, 0.15) is 38.3 Å². The third-order valence-corrected chi connectivity index (χ3v) is 7.49. The highest BCUT2D eigenvalue weighted by Gasteiger charge is 2.68. The third-order valence-electron chi connectivity index (χ3n) is 7.49. The summed E-state index contributed by atoms with van der Waals surface area (Å²) in [4.78, 5) is 44.8. The summed E-state index contributed by atoms with van der Waals surface area (Å²) >= 11 is 0. The zero-order valence-corrected chi connectivity index (χ0v) is 21.7. The Morgan fingerprint density at radius 1 is 1.05 bits per heavy atom. The summed E-state index contributed by atoms with van der Waals surface area (Å²) in [5.41, 5.74) is 0.947. The van der Waals surface area contributed by atoms with E-state index in [4.69, 9.17) is 14.2 Å². The van der Waals surface area contributed by atoms with Gasteiger partial charge in [-0.15, -0.1) is 0 Å². The molecule has 2 fully saturated rings. The van der Waals surface area contributed by atoms with Crippen molar-refractivity contribution in [2.45, 2.75) is 38.3 Å². The van der Waals surface area contributed by atoms with Gasteiger partial charge in [0.2, 0.25) is 11.8 Å². The van der Waals surface area contributed by atoms with Crippen molar-refractivity contribution in [2.75, 3.05) is 43.7 Å². The van der Waals surface area contributed by atoms with Crippen LogP contribution < -0.4 is 24.6 Å². The van der Waals surface area contributed by atoms with Gasteiger partial charge in [-0.3, -0.25) is 19.7 Å². The summed E-state index contributed by atoms with van der Waals surface area (Å²) in [5, 5.41) is 3.44. The number of amides is 2. The normalized spacial score (nSPS) is 26.3.